The Balaban J connectivity index is 2.25. The summed E-state index contributed by atoms with van der Waals surface area (Å²) < 4.78 is 0. The minimum atomic E-state index is 0.269. The van der Waals surface area contributed by atoms with Crippen LogP contribution in [0, 0.1) is 6.92 Å². The summed E-state index contributed by atoms with van der Waals surface area (Å²) in [6, 6.07) is 8.57. The van der Waals surface area contributed by atoms with E-state index in [1.54, 1.807) is 21.6 Å². The van der Waals surface area contributed by atoms with Crippen molar-refractivity contribution in [3.63, 3.8) is 0 Å². The SMILES string of the molecule is Cc1ccc(CSSCCO)cc1. The zero-order chi connectivity index (χ0) is 9.52. The van der Waals surface area contributed by atoms with Crippen LogP contribution in [0.3, 0.4) is 0 Å². The maximum Gasteiger partial charge on any atom is 0.0530 e. The lowest BCUT2D eigenvalue weighted by atomic mass is 10.2. The molecule has 0 radical (unpaired) electrons. The lowest BCUT2D eigenvalue weighted by Gasteiger charge is -2.00. The molecule has 1 nitrogen and oxygen atoms in total. The van der Waals surface area contributed by atoms with Crippen LogP contribution in [0.4, 0.5) is 0 Å². The van der Waals surface area contributed by atoms with Crippen molar-refractivity contribution in [2.24, 2.45) is 0 Å². The molecule has 1 N–H and O–H groups in total. The van der Waals surface area contributed by atoms with Crippen LogP contribution in [-0.4, -0.2) is 17.5 Å². The molecule has 0 aliphatic heterocycles. The second kappa shape index (κ2) is 6.35. The van der Waals surface area contributed by atoms with Crippen LogP contribution in [0.15, 0.2) is 24.3 Å². The van der Waals surface area contributed by atoms with E-state index in [0.717, 1.165) is 11.5 Å². The monoisotopic (exact) mass is 214 g/mol. The van der Waals surface area contributed by atoms with Crippen molar-refractivity contribution in [1.29, 1.82) is 0 Å². The van der Waals surface area contributed by atoms with E-state index < -0.39 is 0 Å². The van der Waals surface area contributed by atoms with Crippen molar-refractivity contribution in [2.45, 2.75) is 12.7 Å². The zero-order valence-corrected chi connectivity index (χ0v) is 9.33. The predicted octanol–water partition coefficient (Wildman–Crippen LogP) is 2.87. The summed E-state index contributed by atoms with van der Waals surface area (Å²) in [5.41, 5.74) is 2.65. The second-order valence-corrected chi connectivity index (χ2v) is 5.38. The molecule has 1 aromatic carbocycles. The van der Waals surface area contributed by atoms with E-state index >= 15 is 0 Å². The molecule has 72 valence electrons. The summed E-state index contributed by atoms with van der Waals surface area (Å²) in [6.07, 6.45) is 0. The van der Waals surface area contributed by atoms with Crippen molar-refractivity contribution in [3.05, 3.63) is 35.4 Å². The largest absolute Gasteiger partial charge is 0.395 e. The molecule has 0 saturated carbocycles. The Kier molecular flexibility index (Phi) is 5.35. The van der Waals surface area contributed by atoms with Gasteiger partial charge >= 0.3 is 0 Å². The van der Waals surface area contributed by atoms with E-state index in [4.69, 9.17) is 5.11 Å². The second-order valence-electron chi connectivity index (χ2n) is 2.79. The smallest absolute Gasteiger partial charge is 0.0530 e. The Morgan fingerprint density at radius 3 is 2.46 bits per heavy atom. The van der Waals surface area contributed by atoms with Crippen molar-refractivity contribution in [2.75, 3.05) is 12.4 Å². The minimum absolute atomic E-state index is 0.269. The van der Waals surface area contributed by atoms with E-state index in [-0.39, 0.29) is 6.61 Å². The van der Waals surface area contributed by atoms with Gasteiger partial charge in [0.05, 0.1) is 6.61 Å². The Hall–Kier alpha value is -0.120. The van der Waals surface area contributed by atoms with Gasteiger partial charge in [0.1, 0.15) is 0 Å². The van der Waals surface area contributed by atoms with E-state index in [0.29, 0.717) is 0 Å². The standard InChI is InChI=1S/C10H14OS2/c1-9-2-4-10(5-3-9)8-13-12-7-6-11/h2-5,11H,6-8H2,1H3. The normalized spacial score (nSPS) is 10.3. The molecule has 0 aromatic heterocycles. The summed E-state index contributed by atoms with van der Waals surface area (Å²) in [7, 11) is 3.51. The Morgan fingerprint density at radius 1 is 1.15 bits per heavy atom. The highest BCUT2D eigenvalue weighted by Gasteiger charge is 1.93. The van der Waals surface area contributed by atoms with Gasteiger partial charge in [-0.25, -0.2) is 0 Å². The molecule has 0 fully saturated rings. The molecular weight excluding hydrogens is 200 g/mol. The first kappa shape index (κ1) is 11.0. The van der Waals surface area contributed by atoms with Crippen LogP contribution >= 0.6 is 21.6 Å². The fourth-order valence-corrected chi connectivity index (χ4v) is 2.73. The van der Waals surface area contributed by atoms with Crippen molar-refractivity contribution < 1.29 is 5.11 Å². The summed E-state index contributed by atoms with van der Waals surface area (Å²) in [5, 5.41) is 8.57. The Bertz CT molecular complexity index is 233. The summed E-state index contributed by atoms with van der Waals surface area (Å²) in [6.45, 7) is 2.36. The van der Waals surface area contributed by atoms with Gasteiger partial charge in [-0.2, -0.15) is 0 Å². The fraction of sp³-hybridized carbons (Fsp3) is 0.400. The molecule has 1 rings (SSSR count). The van der Waals surface area contributed by atoms with Crippen LogP contribution in [-0.2, 0) is 5.75 Å². The van der Waals surface area contributed by atoms with Crippen molar-refractivity contribution in [1.82, 2.24) is 0 Å². The minimum Gasteiger partial charge on any atom is -0.395 e. The molecular formula is C10H14OS2. The topological polar surface area (TPSA) is 20.2 Å². The highest BCUT2D eigenvalue weighted by atomic mass is 33.1. The maximum absolute atomic E-state index is 8.57. The van der Waals surface area contributed by atoms with E-state index in [1.165, 1.54) is 11.1 Å². The molecule has 0 bridgehead atoms. The molecule has 0 spiro atoms. The van der Waals surface area contributed by atoms with Crippen LogP contribution in [0.5, 0.6) is 0 Å². The third-order valence-corrected chi connectivity index (χ3v) is 3.92. The van der Waals surface area contributed by atoms with Gasteiger partial charge in [0, 0.05) is 11.5 Å². The molecule has 0 unspecified atom stereocenters. The average Bonchev–Trinajstić information content (AvgIpc) is 2.15. The first-order chi connectivity index (χ1) is 6.33. The highest BCUT2D eigenvalue weighted by Crippen LogP contribution is 2.25. The lowest BCUT2D eigenvalue weighted by Crippen LogP contribution is -1.83. The molecule has 13 heavy (non-hydrogen) atoms. The number of benzene rings is 1. The Morgan fingerprint density at radius 2 is 1.85 bits per heavy atom. The number of aliphatic hydroxyl groups is 1. The number of aryl methyl sites for hydroxylation is 1. The maximum atomic E-state index is 8.57. The first-order valence-electron chi connectivity index (χ1n) is 4.24. The summed E-state index contributed by atoms with van der Waals surface area (Å²) in [4.78, 5) is 0. The fourth-order valence-electron chi connectivity index (χ4n) is 0.890. The Labute approximate surface area is 87.3 Å². The number of hydrogen-bond donors (Lipinski definition) is 1. The van der Waals surface area contributed by atoms with Gasteiger partial charge in [-0.1, -0.05) is 51.4 Å². The summed E-state index contributed by atoms with van der Waals surface area (Å²) >= 11 is 0. The molecule has 0 atom stereocenters. The number of hydrogen-bond acceptors (Lipinski definition) is 3. The van der Waals surface area contributed by atoms with Crippen LogP contribution < -0.4 is 0 Å². The predicted molar refractivity (Wildman–Crippen MR) is 62.0 cm³/mol. The van der Waals surface area contributed by atoms with Crippen molar-refractivity contribution >= 4 is 21.6 Å². The molecule has 0 heterocycles. The van der Waals surface area contributed by atoms with Gasteiger partial charge in [-0.3, -0.25) is 0 Å². The van der Waals surface area contributed by atoms with Crippen LogP contribution in [0.2, 0.25) is 0 Å². The molecule has 0 saturated heterocycles. The number of rotatable bonds is 5. The number of aliphatic hydroxyl groups excluding tert-OH is 1. The van der Waals surface area contributed by atoms with E-state index in [2.05, 4.69) is 31.2 Å². The lowest BCUT2D eigenvalue weighted by molar-refractivity contribution is 0.323. The first-order valence-corrected chi connectivity index (χ1v) is 6.72. The van der Waals surface area contributed by atoms with E-state index in [9.17, 15) is 0 Å². The molecule has 0 aliphatic rings. The molecule has 1 aromatic rings. The average molecular weight is 214 g/mol. The molecule has 0 aliphatic carbocycles. The van der Waals surface area contributed by atoms with E-state index in [1.807, 2.05) is 0 Å². The third-order valence-electron chi connectivity index (χ3n) is 1.60. The molecule has 3 heteroatoms. The zero-order valence-electron chi connectivity index (χ0n) is 7.69. The van der Waals surface area contributed by atoms with Gasteiger partial charge in [-0.15, -0.1) is 0 Å². The summed E-state index contributed by atoms with van der Waals surface area (Å²) in [5.74, 6) is 1.83. The van der Waals surface area contributed by atoms with Gasteiger partial charge in [0.25, 0.3) is 0 Å². The quantitative estimate of drug-likeness (QED) is 0.601. The highest BCUT2D eigenvalue weighted by molar-refractivity contribution is 8.76. The van der Waals surface area contributed by atoms with Gasteiger partial charge in [0.2, 0.25) is 0 Å². The van der Waals surface area contributed by atoms with Crippen molar-refractivity contribution in [3.8, 4) is 0 Å². The third kappa shape index (κ3) is 4.60. The van der Waals surface area contributed by atoms with Gasteiger partial charge < -0.3 is 5.11 Å². The van der Waals surface area contributed by atoms with Gasteiger partial charge in [0.15, 0.2) is 0 Å². The molecule has 0 amide bonds. The van der Waals surface area contributed by atoms with Crippen LogP contribution in [0.25, 0.3) is 0 Å². The van der Waals surface area contributed by atoms with Gasteiger partial charge in [-0.05, 0) is 12.5 Å². The van der Waals surface area contributed by atoms with Crippen LogP contribution in [0.1, 0.15) is 11.1 Å².